The van der Waals surface area contributed by atoms with Crippen LogP contribution in [0.25, 0.3) is 0 Å². The number of thiophene rings is 2. The second-order valence-electron chi connectivity index (χ2n) is 9.06. The fraction of sp³-hybridized carbons (Fsp3) is 0.281. The zero-order valence-corrected chi connectivity index (χ0v) is 31.2. The SMILES string of the molecule is CC1OC1c1cccs1.COC(=O)[C@@H](N)c1ccccc1Cl.COC(=O)[C@@H](NCCc1cccs1)c1ccccc1Cl.[B].[C-]#N.[Na+]. The van der Waals surface area contributed by atoms with Gasteiger partial charge in [0.1, 0.15) is 18.2 Å². The van der Waals surface area contributed by atoms with E-state index >= 15 is 0 Å². The first-order valence-corrected chi connectivity index (χ1v) is 15.8. The second kappa shape index (κ2) is 24.0. The number of esters is 2. The first kappa shape index (κ1) is 43.8. The number of hydrogen-bond donors (Lipinski definition) is 2. The van der Waals surface area contributed by atoms with E-state index in [2.05, 4.69) is 40.6 Å². The Balaban J connectivity index is 0.000000673. The average Bonchev–Trinajstić information content (AvgIpc) is 3.43. The molecule has 0 amide bonds. The summed E-state index contributed by atoms with van der Waals surface area (Å²) < 4.78 is 14.6. The van der Waals surface area contributed by atoms with E-state index < -0.39 is 18.1 Å². The van der Waals surface area contributed by atoms with Gasteiger partial charge in [0.05, 0.1) is 20.3 Å². The first-order valence-electron chi connectivity index (χ1n) is 13.3. The molecule has 14 heteroatoms. The number of ether oxygens (including phenoxy) is 3. The van der Waals surface area contributed by atoms with Crippen molar-refractivity contribution in [3.63, 3.8) is 0 Å². The molecule has 8 nitrogen and oxygen atoms in total. The summed E-state index contributed by atoms with van der Waals surface area (Å²) in [4.78, 5) is 25.6. The Kier molecular flexibility index (Phi) is 22.9. The van der Waals surface area contributed by atoms with Gasteiger partial charge in [-0.1, -0.05) is 71.7 Å². The van der Waals surface area contributed by atoms with E-state index in [1.807, 2.05) is 29.6 Å². The molecule has 0 aliphatic carbocycles. The van der Waals surface area contributed by atoms with Crippen molar-refractivity contribution in [2.24, 2.45) is 5.73 Å². The number of carbonyl (C=O) groups excluding carboxylic acids is 2. The van der Waals surface area contributed by atoms with Crippen molar-refractivity contribution in [2.75, 3.05) is 20.8 Å². The molecule has 0 bridgehead atoms. The minimum absolute atomic E-state index is 0. The molecule has 0 saturated carbocycles. The molecule has 5 rings (SSSR count). The first-order chi connectivity index (χ1) is 21.3. The van der Waals surface area contributed by atoms with Crippen LogP contribution < -0.4 is 40.6 Å². The topological polar surface area (TPSA) is 127 Å². The van der Waals surface area contributed by atoms with E-state index in [0.29, 0.717) is 34.4 Å². The van der Waals surface area contributed by atoms with Gasteiger partial charge in [0.2, 0.25) is 0 Å². The van der Waals surface area contributed by atoms with Crippen LogP contribution in [0.1, 0.15) is 46.0 Å². The van der Waals surface area contributed by atoms with Crippen LogP contribution in [-0.2, 0) is 30.2 Å². The number of nitrogens with one attached hydrogen (secondary N) is 1. The van der Waals surface area contributed by atoms with Crippen molar-refractivity contribution in [2.45, 2.75) is 37.6 Å². The molecule has 3 heterocycles. The minimum atomic E-state index is -0.807. The van der Waals surface area contributed by atoms with E-state index in [1.165, 1.54) is 24.0 Å². The second-order valence-corrected chi connectivity index (χ2v) is 11.9. The Morgan fingerprint density at radius 3 is 1.89 bits per heavy atom. The van der Waals surface area contributed by atoms with Gasteiger partial charge in [-0.05, 0) is 59.5 Å². The van der Waals surface area contributed by atoms with Crippen molar-refractivity contribution in [1.82, 2.24) is 5.32 Å². The van der Waals surface area contributed by atoms with Crippen LogP contribution in [-0.4, -0.2) is 47.2 Å². The molecule has 2 aromatic carbocycles. The van der Waals surface area contributed by atoms with Gasteiger partial charge in [0, 0.05) is 34.8 Å². The molecule has 1 fully saturated rings. The van der Waals surface area contributed by atoms with Gasteiger partial charge >= 0.3 is 41.5 Å². The van der Waals surface area contributed by atoms with Crippen LogP contribution in [0.3, 0.4) is 0 Å². The number of halogens is 2. The monoisotopic (exact) mass is 708 g/mol. The van der Waals surface area contributed by atoms with E-state index in [9.17, 15) is 9.59 Å². The fourth-order valence-electron chi connectivity index (χ4n) is 3.86. The molecule has 0 spiro atoms. The summed E-state index contributed by atoms with van der Waals surface area (Å²) in [6.07, 6.45) is 1.75. The maximum Gasteiger partial charge on any atom is 1.00 e. The zero-order valence-electron chi connectivity index (χ0n) is 26.0. The van der Waals surface area contributed by atoms with Crippen LogP contribution in [0.15, 0.2) is 83.6 Å². The third kappa shape index (κ3) is 14.3. The molecular formula is C32H34BCl2N3NaO5S2. The van der Waals surface area contributed by atoms with E-state index in [1.54, 1.807) is 53.0 Å². The Bertz CT molecular complexity index is 1450. The standard InChI is InChI=1S/C15H16ClNO2S.C9H10ClNO2.C7H8OS.CN.B.Na/c1-19-15(18)14(12-6-2-3-7-13(12)16)17-9-8-11-5-4-10-20-11;1-13-9(12)8(11)6-4-2-3-5-7(6)10;1-5-7(8-5)6-3-2-4-9-6;1-2;;/h2-7,10,14,17H,8-9H2,1H3;2-5,8H,11H2,1H3;2-5,7H,1H3;;;/q;;;-1;;+1/t14-;8-;;;;/m00..../s1. The van der Waals surface area contributed by atoms with Crippen LogP contribution in [0, 0.1) is 11.8 Å². The van der Waals surface area contributed by atoms with Crippen molar-refractivity contribution >= 4 is 66.2 Å². The molecule has 1 aliphatic heterocycles. The largest absolute Gasteiger partial charge is 1.00 e. The smallest absolute Gasteiger partial charge is 0.512 e. The van der Waals surface area contributed by atoms with Crippen molar-refractivity contribution in [3.05, 3.63) is 121 Å². The maximum atomic E-state index is 11.9. The quantitative estimate of drug-likeness (QED) is 0.116. The average molecular weight is 709 g/mol. The summed E-state index contributed by atoms with van der Waals surface area (Å²) in [6, 6.07) is 21.2. The number of methoxy groups -OCH3 is 2. The number of benzene rings is 2. The summed E-state index contributed by atoms with van der Waals surface area (Å²) in [5.74, 6) is -0.822. The van der Waals surface area contributed by atoms with Crippen molar-refractivity contribution < 1.29 is 53.4 Å². The molecule has 4 aromatic rings. The van der Waals surface area contributed by atoms with Crippen LogP contribution in [0.2, 0.25) is 10.0 Å². The van der Waals surface area contributed by atoms with Gasteiger partial charge in [0.15, 0.2) is 0 Å². The summed E-state index contributed by atoms with van der Waals surface area (Å²) in [5.41, 5.74) is 6.91. The number of carbonyl (C=O) groups is 2. The summed E-state index contributed by atoms with van der Waals surface area (Å²) in [6.45, 7) is 7.54. The molecule has 46 heavy (non-hydrogen) atoms. The van der Waals surface area contributed by atoms with E-state index in [-0.39, 0.29) is 43.9 Å². The number of epoxide rings is 1. The minimum Gasteiger partial charge on any atom is -0.512 e. The molecule has 2 aromatic heterocycles. The molecule has 3 N–H and O–H groups in total. The number of hydrogen-bond acceptors (Lipinski definition) is 10. The van der Waals surface area contributed by atoms with Gasteiger partial charge in [-0.2, -0.15) is 0 Å². The van der Waals surface area contributed by atoms with Crippen LogP contribution in [0.4, 0.5) is 0 Å². The molecule has 1 saturated heterocycles. The normalized spacial score (nSPS) is 15.1. The number of rotatable bonds is 9. The predicted octanol–water partition coefficient (Wildman–Crippen LogP) is 3.89. The molecular weight excluding hydrogens is 675 g/mol. The van der Waals surface area contributed by atoms with E-state index in [4.69, 9.17) is 50.2 Å². The zero-order chi connectivity index (χ0) is 32.5. The Morgan fingerprint density at radius 1 is 0.913 bits per heavy atom. The molecule has 3 radical (unpaired) electrons. The molecule has 1 aliphatic rings. The number of nitrogens with zero attached hydrogens (tertiary/aromatic N) is 1. The van der Waals surface area contributed by atoms with Gasteiger partial charge in [-0.3, -0.25) is 4.79 Å². The maximum absolute atomic E-state index is 11.9. The van der Waals surface area contributed by atoms with E-state index in [0.717, 1.165) is 12.0 Å². The summed E-state index contributed by atoms with van der Waals surface area (Å²) >= 11 is 15.5. The molecule has 2 unspecified atom stereocenters. The third-order valence-corrected chi connectivity index (χ3v) is 8.74. The Morgan fingerprint density at radius 2 is 1.43 bits per heavy atom. The van der Waals surface area contributed by atoms with Crippen LogP contribution >= 0.6 is 45.9 Å². The fourth-order valence-corrected chi connectivity index (χ4v) is 5.92. The van der Waals surface area contributed by atoms with Crippen molar-refractivity contribution in [3.8, 4) is 0 Å². The van der Waals surface area contributed by atoms with Crippen molar-refractivity contribution in [1.29, 1.82) is 5.26 Å². The Hall–Kier alpha value is -2.21. The van der Waals surface area contributed by atoms with Gasteiger partial charge < -0.3 is 37.1 Å². The summed E-state index contributed by atoms with van der Waals surface area (Å²) in [5, 5.41) is 14.6. The Labute approximate surface area is 313 Å². The predicted molar refractivity (Wildman–Crippen MR) is 181 cm³/mol. The number of nitrogens with two attached hydrogens (primary N) is 1. The van der Waals surface area contributed by atoms with Gasteiger partial charge in [-0.25, -0.2) is 4.79 Å². The third-order valence-electron chi connectivity index (χ3n) is 6.18. The van der Waals surface area contributed by atoms with Crippen LogP contribution in [0.5, 0.6) is 0 Å². The van der Waals surface area contributed by atoms with Gasteiger partial charge in [-0.15, -0.1) is 22.7 Å². The molecule has 4 atom stereocenters. The molecule has 237 valence electrons. The summed E-state index contributed by atoms with van der Waals surface area (Å²) in [7, 11) is 2.67. The van der Waals surface area contributed by atoms with Gasteiger partial charge in [0.25, 0.3) is 0 Å².